The van der Waals surface area contributed by atoms with Crippen molar-refractivity contribution in [1.82, 2.24) is 30.1 Å². The van der Waals surface area contributed by atoms with E-state index in [-0.39, 0.29) is 11.6 Å². The molecule has 1 fully saturated rings. The zero-order valence-corrected chi connectivity index (χ0v) is 23.4. The monoisotopic (exact) mass is 548 g/mol. The molecule has 0 saturated heterocycles. The molecule has 0 spiro atoms. The quantitative estimate of drug-likeness (QED) is 0.235. The van der Waals surface area contributed by atoms with Crippen LogP contribution < -0.4 is 10.3 Å². The number of rotatable bonds is 10. The van der Waals surface area contributed by atoms with Crippen LogP contribution in [-0.2, 0) is 13.0 Å². The van der Waals surface area contributed by atoms with Gasteiger partial charge in [0.1, 0.15) is 11.8 Å². The average molecular weight is 549 g/mol. The highest BCUT2D eigenvalue weighted by molar-refractivity contribution is 5.80. The van der Waals surface area contributed by atoms with Gasteiger partial charge in [-0.1, -0.05) is 79.9 Å². The second-order valence-corrected chi connectivity index (χ2v) is 10.9. The molecule has 0 unspecified atom stereocenters. The molecule has 0 aliphatic heterocycles. The number of hydrogen-bond acceptors (Lipinski definition) is 6. The first-order chi connectivity index (χ1) is 20.2. The number of pyridine rings is 1. The number of hydrogen-bond donors (Lipinski definition) is 1. The molecule has 0 bridgehead atoms. The molecule has 2 heterocycles. The molecule has 1 N–H and O–H groups in total. The zero-order chi connectivity index (χ0) is 28.0. The molecule has 5 aromatic rings. The molecule has 1 aliphatic carbocycles. The van der Waals surface area contributed by atoms with Crippen LogP contribution in [0.5, 0.6) is 5.75 Å². The lowest BCUT2D eigenvalue weighted by molar-refractivity contribution is 0.197. The van der Waals surface area contributed by atoms with E-state index < -0.39 is 6.04 Å². The lowest BCUT2D eigenvalue weighted by atomic mass is 9.95. The molecule has 1 aliphatic rings. The van der Waals surface area contributed by atoms with Gasteiger partial charge in [-0.25, -0.2) is 4.68 Å². The molecule has 8 nitrogen and oxygen atoms in total. The second-order valence-electron chi connectivity index (χ2n) is 10.9. The highest BCUT2D eigenvalue weighted by Crippen LogP contribution is 2.34. The maximum Gasteiger partial charge on any atom is 0.253 e. The van der Waals surface area contributed by atoms with Crippen molar-refractivity contribution in [2.45, 2.75) is 57.2 Å². The van der Waals surface area contributed by atoms with E-state index in [2.05, 4.69) is 73.9 Å². The second kappa shape index (κ2) is 12.5. The SMILES string of the molecule is COc1ccc2[nH]c(=O)c([C@H](c3nnnn3C3CCCCC3)N(CCc3ccccc3)Cc3ccccc3)cc2c1. The Balaban J connectivity index is 1.49. The van der Waals surface area contributed by atoms with E-state index >= 15 is 0 Å². The van der Waals surface area contributed by atoms with E-state index in [0.717, 1.165) is 55.3 Å². The molecule has 2 aromatic heterocycles. The number of aromatic amines is 1. The fourth-order valence-electron chi connectivity index (χ4n) is 6.03. The van der Waals surface area contributed by atoms with Gasteiger partial charge in [0.2, 0.25) is 0 Å². The third-order valence-electron chi connectivity index (χ3n) is 8.18. The predicted molar refractivity (Wildman–Crippen MR) is 160 cm³/mol. The standard InChI is InChI=1S/C33H36N6O2/c1-41-28-17-18-30-26(21-28)22-29(33(40)34-30)31(32-35-36-37-39(32)27-15-9-4-10-16-27)38(23-25-13-7-3-8-14-25)20-19-24-11-5-2-6-12-24/h2-3,5-8,11-14,17-18,21-22,27,31H,4,9-10,15-16,19-20,23H2,1H3,(H,34,40)/t31-/m1/s1. The van der Waals surface area contributed by atoms with Gasteiger partial charge in [0.05, 0.1) is 13.2 Å². The van der Waals surface area contributed by atoms with E-state index in [9.17, 15) is 4.79 Å². The molecule has 210 valence electrons. The predicted octanol–water partition coefficient (Wildman–Crippen LogP) is 5.86. The van der Waals surface area contributed by atoms with Crippen LogP contribution in [0.2, 0.25) is 0 Å². The first kappa shape index (κ1) is 26.9. The summed E-state index contributed by atoms with van der Waals surface area (Å²) in [7, 11) is 1.65. The van der Waals surface area contributed by atoms with Gasteiger partial charge in [0.25, 0.3) is 5.56 Å². The number of H-pyrrole nitrogens is 1. The number of methoxy groups -OCH3 is 1. The summed E-state index contributed by atoms with van der Waals surface area (Å²) in [5.74, 6) is 1.46. The molecule has 41 heavy (non-hydrogen) atoms. The number of nitrogens with zero attached hydrogens (tertiary/aromatic N) is 5. The highest BCUT2D eigenvalue weighted by atomic mass is 16.5. The lowest BCUT2D eigenvalue weighted by Crippen LogP contribution is -2.37. The van der Waals surface area contributed by atoms with E-state index in [0.29, 0.717) is 17.9 Å². The molecule has 1 atom stereocenters. The van der Waals surface area contributed by atoms with E-state index in [4.69, 9.17) is 4.74 Å². The van der Waals surface area contributed by atoms with Gasteiger partial charge in [-0.15, -0.1) is 5.10 Å². The van der Waals surface area contributed by atoms with Crippen molar-refractivity contribution in [2.75, 3.05) is 13.7 Å². The van der Waals surface area contributed by atoms with Crippen molar-refractivity contribution in [3.8, 4) is 5.75 Å². The van der Waals surface area contributed by atoms with Gasteiger partial charge in [0, 0.05) is 29.6 Å². The largest absolute Gasteiger partial charge is 0.497 e. The van der Waals surface area contributed by atoms with Gasteiger partial charge in [0.15, 0.2) is 5.82 Å². The topological polar surface area (TPSA) is 88.9 Å². The summed E-state index contributed by atoms with van der Waals surface area (Å²) in [5.41, 5.74) is 3.67. The normalized spacial score (nSPS) is 14.9. The van der Waals surface area contributed by atoms with Crippen molar-refractivity contribution in [2.24, 2.45) is 0 Å². The molecule has 3 aromatic carbocycles. The van der Waals surface area contributed by atoms with Crippen LogP contribution >= 0.6 is 0 Å². The van der Waals surface area contributed by atoms with Crippen LogP contribution in [0.3, 0.4) is 0 Å². The Kier molecular flexibility index (Phi) is 8.18. The van der Waals surface area contributed by atoms with E-state index in [1.165, 1.54) is 17.5 Å². The Morgan fingerprint density at radius 3 is 2.41 bits per heavy atom. The van der Waals surface area contributed by atoms with Crippen LogP contribution in [-0.4, -0.2) is 43.7 Å². The number of benzene rings is 3. The van der Waals surface area contributed by atoms with Crippen molar-refractivity contribution in [1.29, 1.82) is 0 Å². The molecule has 0 amide bonds. The number of ether oxygens (including phenoxy) is 1. The maximum absolute atomic E-state index is 13.9. The maximum atomic E-state index is 13.9. The molecule has 1 saturated carbocycles. The fourth-order valence-corrected chi connectivity index (χ4v) is 6.03. The smallest absolute Gasteiger partial charge is 0.253 e. The molecule has 6 rings (SSSR count). The fraction of sp³-hybridized carbons (Fsp3) is 0.333. The van der Waals surface area contributed by atoms with Gasteiger partial charge in [-0.2, -0.15) is 0 Å². The summed E-state index contributed by atoms with van der Waals surface area (Å²) >= 11 is 0. The minimum Gasteiger partial charge on any atom is -0.497 e. The van der Waals surface area contributed by atoms with Gasteiger partial charge >= 0.3 is 0 Å². The van der Waals surface area contributed by atoms with E-state index in [1.807, 2.05) is 41.1 Å². The Morgan fingerprint density at radius 1 is 0.951 bits per heavy atom. The third kappa shape index (κ3) is 6.07. The minimum atomic E-state index is -0.449. The number of nitrogens with one attached hydrogen (secondary N) is 1. The number of tetrazole rings is 1. The minimum absolute atomic E-state index is 0.136. The highest BCUT2D eigenvalue weighted by Gasteiger charge is 2.33. The Hall–Kier alpha value is -4.30. The number of fused-ring (bicyclic) bond motifs is 1. The lowest BCUT2D eigenvalue weighted by Gasteiger charge is -2.32. The van der Waals surface area contributed by atoms with Gasteiger partial charge in [-0.05, 0) is 65.1 Å². The van der Waals surface area contributed by atoms with Crippen LogP contribution in [0, 0.1) is 0 Å². The Labute approximate surface area is 240 Å². The van der Waals surface area contributed by atoms with Gasteiger partial charge in [-0.3, -0.25) is 9.69 Å². The van der Waals surface area contributed by atoms with Crippen molar-refractivity contribution < 1.29 is 4.74 Å². The van der Waals surface area contributed by atoms with E-state index in [1.54, 1.807) is 7.11 Å². The summed E-state index contributed by atoms with van der Waals surface area (Å²) in [6, 6.07) is 28.3. The Morgan fingerprint density at radius 2 is 1.68 bits per heavy atom. The molecular weight excluding hydrogens is 512 g/mol. The molecule has 8 heteroatoms. The van der Waals surface area contributed by atoms with Crippen molar-refractivity contribution in [3.63, 3.8) is 0 Å². The van der Waals surface area contributed by atoms with Crippen LogP contribution in [0.1, 0.15) is 66.7 Å². The van der Waals surface area contributed by atoms with Crippen molar-refractivity contribution in [3.05, 3.63) is 118 Å². The van der Waals surface area contributed by atoms with Gasteiger partial charge < -0.3 is 9.72 Å². The summed E-state index contributed by atoms with van der Waals surface area (Å²) in [5, 5.41) is 14.2. The van der Waals surface area contributed by atoms with Crippen LogP contribution in [0.4, 0.5) is 0 Å². The summed E-state index contributed by atoms with van der Waals surface area (Å²) < 4.78 is 7.50. The molecular formula is C33H36N6O2. The number of aromatic nitrogens is 5. The first-order valence-electron chi connectivity index (χ1n) is 14.5. The molecule has 0 radical (unpaired) electrons. The Bertz CT molecular complexity index is 1630. The first-order valence-corrected chi connectivity index (χ1v) is 14.5. The van der Waals surface area contributed by atoms with Crippen molar-refractivity contribution >= 4 is 10.9 Å². The zero-order valence-electron chi connectivity index (χ0n) is 23.4. The third-order valence-corrected chi connectivity index (χ3v) is 8.18. The average Bonchev–Trinajstić information content (AvgIpc) is 3.51. The summed E-state index contributed by atoms with van der Waals surface area (Å²) in [6.45, 7) is 1.36. The summed E-state index contributed by atoms with van der Waals surface area (Å²) in [6.07, 6.45) is 6.46. The van der Waals surface area contributed by atoms with Crippen LogP contribution in [0.15, 0.2) is 89.7 Å². The van der Waals surface area contributed by atoms with Crippen LogP contribution in [0.25, 0.3) is 10.9 Å². The summed E-state index contributed by atoms with van der Waals surface area (Å²) in [4.78, 5) is 19.3.